The number of ether oxygens (including phenoxy) is 2. The minimum Gasteiger partial charge on any atom is -0.457 e. The van der Waals surface area contributed by atoms with Gasteiger partial charge in [-0.1, -0.05) is 212 Å². The third kappa shape index (κ3) is 44.1. The monoisotopic (exact) mass is 814 g/mol. The standard InChI is InChI=1S/C47H92NO7P/c1-3-5-7-9-11-13-15-17-19-20-21-22-23-24-25-26-27-29-31-33-35-37-39-42-52-44-46(45-54-56(50,51)53-43-41-48)55-47(49)40-38-36-34-32-30-28-18-16-14-12-10-8-6-4-2/h10,12,16,18,46H,3-9,11,13-15,17,19-45,48H2,1-2H3,(H,50,51)/b12-10-,18-16-. The number of carbonyl (C=O) groups is 1. The predicted octanol–water partition coefficient (Wildman–Crippen LogP) is 14.4. The quantitative estimate of drug-likeness (QED) is 0.0270. The molecule has 0 aromatic carbocycles. The molecule has 0 radical (unpaired) electrons. The van der Waals surface area contributed by atoms with E-state index in [-0.39, 0.29) is 32.3 Å². The van der Waals surface area contributed by atoms with Gasteiger partial charge in [-0.3, -0.25) is 13.8 Å². The van der Waals surface area contributed by atoms with Crippen LogP contribution in [0.15, 0.2) is 24.3 Å². The van der Waals surface area contributed by atoms with Crippen molar-refractivity contribution in [3.63, 3.8) is 0 Å². The zero-order chi connectivity index (χ0) is 40.9. The Kier molecular flexibility index (Phi) is 44.3. The van der Waals surface area contributed by atoms with Gasteiger partial charge in [0, 0.05) is 19.6 Å². The van der Waals surface area contributed by atoms with Crippen LogP contribution in [0.5, 0.6) is 0 Å². The van der Waals surface area contributed by atoms with Gasteiger partial charge >= 0.3 is 13.8 Å². The molecular formula is C47H92NO7P. The van der Waals surface area contributed by atoms with E-state index in [4.69, 9.17) is 24.3 Å². The van der Waals surface area contributed by atoms with Crippen molar-refractivity contribution in [1.82, 2.24) is 0 Å². The van der Waals surface area contributed by atoms with Crippen LogP contribution in [-0.4, -0.2) is 49.9 Å². The normalized spacial score (nSPS) is 13.6. The second-order valence-corrected chi connectivity index (χ2v) is 17.4. The maximum Gasteiger partial charge on any atom is 0.472 e. The maximum absolute atomic E-state index is 12.6. The van der Waals surface area contributed by atoms with Gasteiger partial charge in [-0.25, -0.2) is 4.57 Å². The number of allylic oxidation sites excluding steroid dienone is 4. The molecule has 9 heteroatoms. The lowest BCUT2D eigenvalue weighted by Gasteiger charge is -2.20. The number of nitrogens with two attached hydrogens (primary N) is 1. The largest absolute Gasteiger partial charge is 0.472 e. The molecule has 0 rings (SSSR count). The summed E-state index contributed by atoms with van der Waals surface area (Å²) in [5.41, 5.74) is 5.37. The lowest BCUT2D eigenvalue weighted by molar-refractivity contribution is -0.154. The molecule has 0 aliphatic heterocycles. The summed E-state index contributed by atoms with van der Waals surface area (Å²) in [6, 6.07) is 0. The molecule has 0 aliphatic carbocycles. The number of hydrogen-bond donors (Lipinski definition) is 2. The zero-order valence-corrected chi connectivity index (χ0v) is 37.8. The number of esters is 1. The van der Waals surface area contributed by atoms with E-state index < -0.39 is 13.9 Å². The van der Waals surface area contributed by atoms with Crippen LogP contribution in [0.3, 0.4) is 0 Å². The third-order valence-corrected chi connectivity index (χ3v) is 11.4. The van der Waals surface area contributed by atoms with E-state index in [2.05, 4.69) is 38.2 Å². The first-order chi connectivity index (χ1) is 27.4. The molecule has 0 heterocycles. The van der Waals surface area contributed by atoms with Crippen molar-refractivity contribution in [2.24, 2.45) is 5.73 Å². The number of rotatable bonds is 46. The van der Waals surface area contributed by atoms with Gasteiger partial charge in [0.1, 0.15) is 6.10 Å². The van der Waals surface area contributed by atoms with Crippen LogP contribution >= 0.6 is 7.82 Å². The summed E-state index contributed by atoms with van der Waals surface area (Å²) in [6.07, 6.45) is 50.7. The van der Waals surface area contributed by atoms with Crippen LogP contribution in [0.1, 0.15) is 232 Å². The molecule has 0 aromatic heterocycles. The van der Waals surface area contributed by atoms with Gasteiger partial charge < -0.3 is 20.1 Å². The van der Waals surface area contributed by atoms with E-state index in [1.165, 1.54) is 154 Å². The fourth-order valence-electron chi connectivity index (χ4n) is 6.84. The van der Waals surface area contributed by atoms with Gasteiger partial charge in [-0.15, -0.1) is 0 Å². The van der Waals surface area contributed by atoms with Crippen molar-refractivity contribution < 1.29 is 32.8 Å². The van der Waals surface area contributed by atoms with Gasteiger partial charge in [-0.05, 0) is 38.5 Å². The van der Waals surface area contributed by atoms with Crippen molar-refractivity contribution in [1.29, 1.82) is 0 Å². The van der Waals surface area contributed by atoms with Crippen molar-refractivity contribution in [3.05, 3.63) is 24.3 Å². The third-order valence-electron chi connectivity index (χ3n) is 10.4. The lowest BCUT2D eigenvalue weighted by Crippen LogP contribution is -2.28. The summed E-state index contributed by atoms with van der Waals surface area (Å²) < 4.78 is 33.5. The van der Waals surface area contributed by atoms with E-state index >= 15 is 0 Å². The van der Waals surface area contributed by atoms with E-state index in [1.807, 2.05) is 0 Å². The van der Waals surface area contributed by atoms with Crippen LogP contribution in [0.4, 0.5) is 0 Å². The Morgan fingerprint density at radius 3 is 1.45 bits per heavy atom. The number of carbonyl (C=O) groups excluding carboxylic acids is 1. The molecule has 8 nitrogen and oxygen atoms in total. The van der Waals surface area contributed by atoms with E-state index in [1.54, 1.807) is 0 Å². The molecule has 0 aromatic rings. The highest BCUT2D eigenvalue weighted by atomic mass is 31.2. The summed E-state index contributed by atoms with van der Waals surface area (Å²) in [7, 11) is -4.28. The number of unbranched alkanes of at least 4 members (excludes halogenated alkanes) is 29. The molecule has 2 atom stereocenters. The Hall–Kier alpha value is -1.02. The summed E-state index contributed by atoms with van der Waals surface area (Å²) >= 11 is 0. The molecule has 0 aliphatic rings. The van der Waals surface area contributed by atoms with Gasteiger partial charge in [-0.2, -0.15) is 0 Å². The summed E-state index contributed by atoms with van der Waals surface area (Å²) in [4.78, 5) is 22.5. The van der Waals surface area contributed by atoms with E-state index in [9.17, 15) is 14.3 Å². The summed E-state index contributed by atoms with van der Waals surface area (Å²) in [6.45, 7) is 4.91. The first-order valence-corrected chi connectivity index (χ1v) is 25.3. The molecule has 0 saturated heterocycles. The highest BCUT2D eigenvalue weighted by Gasteiger charge is 2.25. The van der Waals surface area contributed by atoms with Crippen molar-refractivity contribution >= 4 is 13.8 Å². The minimum atomic E-state index is -4.28. The smallest absolute Gasteiger partial charge is 0.457 e. The highest BCUT2D eigenvalue weighted by Crippen LogP contribution is 2.43. The molecule has 2 unspecified atom stereocenters. The average molecular weight is 814 g/mol. The number of phosphoric ester groups is 1. The molecular weight excluding hydrogens is 721 g/mol. The average Bonchev–Trinajstić information content (AvgIpc) is 3.19. The summed E-state index contributed by atoms with van der Waals surface area (Å²) in [5, 5.41) is 0. The first-order valence-electron chi connectivity index (χ1n) is 23.8. The fraction of sp³-hybridized carbons (Fsp3) is 0.894. The molecule has 0 spiro atoms. The Morgan fingerprint density at radius 2 is 0.964 bits per heavy atom. The second-order valence-electron chi connectivity index (χ2n) is 16.0. The van der Waals surface area contributed by atoms with Gasteiger partial charge in [0.05, 0.1) is 19.8 Å². The van der Waals surface area contributed by atoms with Crippen molar-refractivity contribution in [3.8, 4) is 0 Å². The topological polar surface area (TPSA) is 117 Å². The molecule has 0 amide bonds. The molecule has 0 fully saturated rings. The molecule has 56 heavy (non-hydrogen) atoms. The van der Waals surface area contributed by atoms with Gasteiger partial charge in [0.15, 0.2) is 0 Å². The molecule has 0 bridgehead atoms. The van der Waals surface area contributed by atoms with E-state index in [0.29, 0.717) is 13.0 Å². The predicted molar refractivity (Wildman–Crippen MR) is 238 cm³/mol. The Labute approximate surface area is 346 Å². The Balaban J connectivity index is 3.90. The SMILES string of the molecule is CCCC/C=C\C/C=C\CCCCCCCC(=O)OC(COCCCCCCCCCCCCCCCCCCCCCCCCC)COP(=O)(O)OCCN. The first kappa shape index (κ1) is 55.0. The van der Waals surface area contributed by atoms with Crippen LogP contribution in [0.2, 0.25) is 0 Å². The van der Waals surface area contributed by atoms with Crippen LogP contribution < -0.4 is 5.73 Å². The second kappa shape index (κ2) is 45.1. The van der Waals surface area contributed by atoms with Gasteiger partial charge in [0.25, 0.3) is 0 Å². The van der Waals surface area contributed by atoms with Gasteiger partial charge in [0.2, 0.25) is 0 Å². The summed E-state index contributed by atoms with van der Waals surface area (Å²) in [5.74, 6) is -0.340. The van der Waals surface area contributed by atoms with Crippen molar-refractivity contribution in [2.75, 3.05) is 33.0 Å². The molecule has 332 valence electrons. The maximum atomic E-state index is 12.6. The molecule has 0 saturated carbocycles. The number of phosphoric acid groups is 1. The zero-order valence-electron chi connectivity index (χ0n) is 36.9. The van der Waals surface area contributed by atoms with Crippen molar-refractivity contribution in [2.45, 2.75) is 238 Å². The lowest BCUT2D eigenvalue weighted by atomic mass is 10.0. The fourth-order valence-corrected chi connectivity index (χ4v) is 7.60. The Morgan fingerprint density at radius 1 is 0.536 bits per heavy atom. The number of hydrogen-bond acceptors (Lipinski definition) is 7. The van der Waals surface area contributed by atoms with Crippen LogP contribution in [-0.2, 0) is 27.9 Å². The molecule has 3 N–H and O–H groups in total. The van der Waals surface area contributed by atoms with E-state index in [0.717, 1.165) is 57.8 Å². The highest BCUT2D eigenvalue weighted by molar-refractivity contribution is 7.47. The van der Waals surface area contributed by atoms with Crippen LogP contribution in [0.25, 0.3) is 0 Å². The Bertz CT molecular complexity index is 915. The minimum absolute atomic E-state index is 0.0962. The van der Waals surface area contributed by atoms with Crippen LogP contribution in [0, 0.1) is 0 Å².